The number of rotatable bonds is 3. The van der Waals surface area contributed by atoms with Crippen molar-refractivity contribution in [2.24, 2.45) is 10.7 Å². The van der Waals surface area contributed by atoms with E-state index in [-0.39, 0.29) is 6.09 Å². The Hall–Kier alpha value is -1.50. The normalized spacial score (nSPS) is 21.2. The summed E-state index contributed by atoms with van der Waals surface area (Å²) in [4.78, 5) is 22.9. The van der Waals surface area contributed by atoms with Crippen LogP contribution in [0.2, 0.25) is 0 Å². The molecular weight excluding hydrogens is 318 g/mol. The van der Waals surface area contributed by atoms with Crippen molar-refractivity contribution in [1.82, 2.24) is 14.7 Å². The zero-order chi connectivity index (χ0) is 18.3. The Kier molecular flexibility index (Phi) is 7.35. The number of piperazine rings is 1. The number of amides is 1. The minimum absolute atomic E-state index is 0.246. The van der Waals surface area contributed by atoms with Gasteiger partial charge >= 0.3 is 6.09 Å². The summed E-state index contributed by atoms with van der Waals surface area (Å²) in [7, 11) is 0. The van der Waals surface area contributed by atoms with E-state index in [0.717, 1.165) is 13.1 Å². The molecule has 2 fully saturated rings. The van der Waals surface area contributed by atoms with Crippen LogP contribution >= 0.6 is 0 Å². The van der Waals surface area contributed by atoms with E-state index in [9.17, 15) is 4.79 Å². The zero-order valence-corrected chi connectivity index (χ0v) is 16.2. The SMILES string of the molecule is CC(C)(C)OC(=O)N1CCN(C(N)=NCCN2CCCCCC2)CC1. The summed E-state index contributed by atoms with van der Waals surface area (Å²) in [6.45, 7) is 12.4. The van der Waals surface area contributed by atoms with E-state index in [4.69, 9.17) is 10.5 Å². The van der Waals surface area contributed by atoms with Crippen molar-refractivity contribution in [3.63, 3.8) is 0 Å². The van der Waals surface area contributed by atoms with Crippen LogP contribution in [0.3, 0.4) is 0 Å². The van der Waals surface area contributed by atoms with Crippen molar-refractivity contribution in [3.05, 3.63) is 0 Å². The number of guanidine groups is 1. The molecule has 25 heavy (non-hydrogen) atoms. The fraction of sp³-hybridized carbons (Fsp3) is 0.889. The number of hydrogen-bond donors (Lipinski definition) is 1. The molecule has 2 aliphatic rings. The van der Waals surface area contributed by atoms with Gasteiger partial charge in [0.1, 0.15) is 5.60 Å². The van der Waals surface area contributed by atoms with Crippen molar-refractivity contribution in [3.8, 4) is 0 Å². The molecule has 2 heterocycles. The van der Waals surface area contributed by atoms with Crippen molar-refractivity contribution in [1.29, 1.82) is 0 Å². The molecule has 2 saturated heterocycles. The minimum atomic E-state index is -0.456. The summed E-state index contributed by atoms with van der Waals surface area (Å²) in [6, 6.07) is 0. The van der Waals surface area contributed by atoms with Gasteiger partial charge in [-0.1, -0.05) is 12.8 Å². The molecule has 0 spiro atoms. The van der Waals surface area contributed by atoms with E-state index in [1.165, 1.54) is 38.8 Å². The first-order chi connectivity index (χ1) is 11.8. The number of likely N-dealkylation sites (tertiary alicyclic amines) is 1. The summed E-state index contributed by atoms with van der Waals surface area (Å²) in [5.74, 6) is 0.596. The molecule has 7 heteroatoms. The number of aliphatic imine (C=N–C) groups is 1. The van der Waals surface area contributed by atoms with Crippen LogP contribution in [0.25, 0.3) is 0 Å². The van der Waals surface area contributed by atoms with Gasteiger partial charge in [-0.15, -0.1) is 0 Å². The van der Waals surface area contributed by atoms with Crippen LogP contribution in [-0.4, -0.2) is 84.7 Å². The van der Waals surface area contributed by atoms with Crippen LogP contribution in [0, 0.1) is 0 Å². The van der Waals surface area contributed by atoms with Gasteiger partial charge in [0.05, 0.1) is 6.54 Å². The quantitative estimate of drug-likeness (QED) is 0.618. The Bertz CT molecular complexity index is 445. The molecule has 2 rings (SSSR count). The second-order valence-electron chi connectivity index (χ2n) is 7.95. The predicted molar refractivity (Wildman–Crippen MR) is 101 cm³/mol. The van der Waals surface area contributed by atoms with Gasteiger partial charge in [0.2, 0.25) is 0 Å². The number of nitrogens with two attached hydrogens (primary N) is 1. The van der Waals surface area contributed by atoms with Crippen LogP contribution in [0.5, 0.6) is 0 Å². The largest absolute Gasteiger partial charge is 0.444 e. The maximum Gasteiger partial charge on any atom is 0.410 e. The monoisotopic (exact) mass is 353 g/mol. The van der Waals surface area contributed by atoms with Gasteiger partial charge in [0.25, 0.3) is 0 Å². The average molecular weight is 354 g/mol. The first-order valence-corrected chi connectivity index (χ1v) is 9.60. The molecule has 0 saturated carbocycles. The number of hydrogen-bond acceptors (Lipinski definition) is 4. The lowest BCUT2D eigenvalue weighted by atomic mass is 10.2. The number of carbonyl (C=O) groups excluding carboxylic acids is 1. The Morgan fingerprint density at radius 1 is 0.960 bits per heavy atom. The summed E-state index contributed by atoms with van der Waals surface area (Å²) in [6.07, 6.45) is 5.05. The average Bonchev–Trinajstić information content (AvgIpc) is 2.82. The molecule has 0 unspecified atom stereocenters. The van der Waals surface area contributed by atoms with Crippen LogP contribution in [-0.2, 0) is 4.74 Å². The third-order valence-electron chi connectivity index (χ3n) is 4.64. The maximum atomic E-state index is 12.1. The molecule has 0 aromatic rings. The maximum absolute atomic E-state index is 12.1. The van der Waals surface area contributed by atoms with Crippen LogP contribution < -0.4 is 5.73 Å². The summed E-state index contributed by atoms with van der Waals surface area (Å²) < 4.78 is 5.42. The van der Waals surface area contributed by atoms with E-state index in [1.807, 2.05) is 20.8 Å². The number of carbonyl (C=O) groups is 1. The van der Waals surface area contributed by atoms with Crippen LogP contribution in [0.1, 0.15) is 46.5 Å². The van der Waals surface area contributed by atoms with Gasteiger partial charge in [0, 0.05) is 32.7 Å². The molecule has 0 atom stereocenters. The molecule has 0 aliphatic carbocycles. The van der Waals surface area contributed by atoms with E-state index in [0.29, 0.717) is 32.1 Å². The molecule has 1 amide bonds. The fourth-order valence-corrected chi connectivity index (χ4v) is 3.21. The Morgan fingerprint density at radius 2 is 1.52 bits per heavy atom. The highest BCUT2D eigenvalue weighted by Gasteiger charge is 2.26. The van der Waals surface area contributed by atoms with Crippen molar-refractivity contribution < 1.29 is 9.53 Å². The summed E-state index contributed by atoms with van der Waals surface area (Å²) in [5, 5.41) is 0. The van der Waals surface area contributed by atoms with E-state index >= 15 is 0 Å². The highest BCUT2D eigenvalue weighted by molar-refractivity contribution is 5.78. The first kappa shape index (κ1) is 19.8. The number of ether oxygens (including phenoxy) is 1. The first-order valence-electron chi connectivity index (χ1n) is 9.60. The van der Waals surface area contributed by atoms with Crippen molar-refractivity contribution in [2.75, 3.05) is 52.4 Å². The molecule has 2 N–H and O–H groups in total. The van der Waals surface area contributed by atoms with Gasteiger partial charge in [0.15, 0.2) is 5.96 Å². The number of nitrogens with zero attached hydrogens (tertiary/aromatic N) is 4. The van der Waals surface area contributed by atoms with Crippen molar-refractivity contribution >= 4 is 12.1 Å². The molecule has 144 valence electrons. The lowest BCUT2D eigenvalue weighted by Gasteiger charge is -2.36. The molecule has 0 aromatic heterocycles. The molecule has 0 bridgehead atoms. The van der Waals surface area contributed by atoms with E-state index in [2.05, 4.69) is 14.8 Å². The van der Waals surface area contributed by atoms with Gasteiger partial charge < -0.3 is 25.2 Å². The molecule has 0 radical (unpaired) electrons. The van der Waals surface area contributed by atoms with Crippen LogP contribution in [0.4, 0.5) is 4.79 Å². The topological polar surface area (TPSA) is 74.4 Å². The van der Waals surface area contributed by atoms with E-state index in [1.54, 1.807) is 4.90 Å². The molecule has 2 aliphatic heterocycles. The minimum Gasteiger partial charge on any atom is -0.444 e. The lowest BCUT2D eigenvalue weighted by Crippen LogP contribution is -2.53. The highest BCUT2D eigenvalue weighted by atomic mass is 16.6. The smallest absolute Gasteiger partial charge is 0.410 e. The van der Waals surface area contributed by atoms with Gasteiger partial charge in [-0.2, -0.15) is 0 Å². The second kappa shape index (κ2) is 9.27. The Morgan fingerprint density at radius 3 is 2.08 bits per heavy atom. The predicted octanol–water partition coefficient (Wildman–Crippen LogP) is 1.73. The zero-order valence-electron chi connectivity index (χ0n) is 16.2. The van der Waals surface area contributed by atoms with Crippen LogP contribution in [0.15, 0.2) is 4.99 Å². The molecule has 0 aromatic carbocycles. The Labute approximate surface area is 152 Å². The molecule has 7 nitrogen and oxygen atoms in total. The third kappa shape index (κ3) is 7.10. The molecular formula is C18H35N5O2. The standard InChI is InChI=1S/C18H35N5O2/c1-18(2,3)25-17(24)23-14-12-22(13-15-23)16(19)20-8-11-21-9-6-4-5-7-10-21/h4-15H2,1-3H3,(H2,19,20). The summed E-state index contributed by atoms with van der Waals surface area (Å²) in [5.41, 5.74) is 5.68. The van der Waals surface area contributed by atoms with Gasteiger partial charge in [-0.25, -0.2) is 4.79 Å². The Balaban J connectivity index is 1.71. The lowest BCUT2D eigenvalue weighted by molar-refractivity contribution is 0.0186. The third-order valence-corrected chi connectivity index (χ3v) is 4.64. The second-order valence-corrected chi connectivity index (χ2v) is 7.95. The van der Waals surface area contributed by atoms with Gasteiger partial charge in [-0.05, 0) is 46.7 Å². The van der Waals surface area contributed by atoms with Gasteiger partial charge in [-0.3, -0.25) is 4.99 Å². The summed E-state index contributed by atoms with van der Waals surface area (Å²) >= 11 is 0. The van der Waals surface area contributed by atoms with E-state index < -0.39 is 5.60 Å². The fourth-order valence-electron chi connectivity index (χ4n) is 3.21. The van der Waals surface area contributed by atoms with Crippen molar-refractivity contribution in [2.45, 2.75) is 52.1 Å². The highest BCUT2D eigenvalue weighted by Crippen LogP contribution is 2.12.